The number of carbonyl (C=O) groups excluding carboxylic acids is 2. The van der Waals surface area contributed by atoms with Crippen LogP contribution in [0.3, 0.4) is 0 Å². The van der Waals surface area contributed by atoms with Gasteiger partial charge in [0.15, 0.2) is 0 Å². The molecule has 1 unspecified atom stereocenters. The Balaban J connectivity index is 1.20. The van der Waals surface area contributed by atoms with Gasteiger partial charge >= 0.3 is 0 Å². The van der Waals surface area contributed by atoms with Crippen molar-refractivity contribution < 1.29 is 13.8 Å². The van der Waals surface area contributed by atoms with E-state index in [1.165, 1.54) is 0 Å². The van der Waals surface area contributed by atoms with Gasteiger partial charge in [-0.25, -0.2) is 0 Å². The van der Waals surface area contributed by atoms with Crippen LogP contribution in [0.4, 0.5) is 5.69 Å². The highest BCUT2D eigenvalue weighted by Crippen LogP contribution is 2.28. The Hall–Kier alpha value is -2.51. The average molecular weight is 440 g/mol. The lowest BCUT2D eigenvalue weighted by Gasteiger charge is -2.33. The molecule has 0 aliphatic carbocycles. The number of anilines is 1. The predicted molar refractivity (Wildman–Crippen MR) is 122 cm³/mol. The molecule has 4 rings (SSSR count). The molecule has 6 nitrogen and oxygen atoms in total. The summed E-state index contributed by atoms with van der Waals surface area (Å²) in [5.41, 5.74) is 1.83. The molecule has 0 radical (unpaired) electrons. The van der Waals surface area contributed by atoms with Crippen LogP contribution in [0.2, 0.25) is 0 Å². The Labute approximate surface area is 186 Å². The van der Waals surface area contributed by atoms with Crippen LogP contribution in [0, 0.1) is 0 Å². The summed E-state index contributed by atoms with van der Waals surface area (Å²) in [7, 11) is -1.23. The van der Waals surface area contributed by atoms with Crippen molar-refractivity contribution in [3.63, 3.8) is 0 Å². The van der Waals surface area contributed by atoms with Crippen LogP contribution in [-0.4, -0.2) is 58.9 Å². The number of piperidine rings is 1. The lowest BCUT2D eigenvalue weighted by molar-refractivity contribution is -0.121. The van der Waals surface area contributed by atoms with Gasteiger partial charge in [0.2, 0.25) is 11.8 Å². The summed E-state index contributed by atoms with van der Waals surface area (Å²) in [5, 5.41) is 3.17. The van der Waals surface area contributed by atoms with Crippen LogP contribution < -0.4 is 10.2 Å². The highest BCUT2D eigenvalue weighted by molar-refractivity contribution is 7.86. The van der Waals surface area contributed by atoms with Crippen molar-refractivity contribution in [1.29, 1.82) is 0 Å². The van der Waals surface area contributed by atoms with E-state index in [2.05, 4.69) is 10.2 Å². The van der Waals surface area contributed by atoms with Crippen molar-refractivity contribution in [2.75, 3.05) is 36.8 Å². The van der Waals surface area contributed by atoms with Crippen molar-refractivity contribution in [2.24, 2.45) is 0 Å². The summed E-state index contributed by atoms with van der Waals surface area (Å²) in [6.07, 6.45) is 3.20. The van der Waals surface area contributed by atoms with Gasteiger partial charge in [-0.1, -0.05) is 42.5 Å². The summed E-state index contributed by atoms with van der Waals surface area (Å²) in [6.45, 7) is 3.45. The SMILES string of the molecule is O=C(Cc1ccccc1)NC1CCN(CCCN2C(=O)CS(=O)c3ccccc32)CC1. The predicted octanol–water partition coefficient (Wildman–Crippen LogP) is 2.35. The molecule has 2 aromatic rings. The Morgan fingerprint density at radius 3 is 2.48 bits per heavy atom. The minimum atomic E-state index is -1.23. The molecule has 31 heavy (non-hydrogen) atoms. The molecule has 2 aromatic carbocycles. The molecule has 7 heteroatoms. The van der Waals surface area contributed by atoms with Crippen LogP contribution in [0.25, 0.3) is 0 Å². The zero-order valence-electron chi connectivity index (χ0n) is 17.7. The summed E-state index contributed by atoms with van der Waals surface area (Å²) >= 11 is 0. The molecule has 1 fully saturated rings. The molecule has 2 aliphatic heterocycles. The van der Waals surface area contributed by atoms with Crippen LogP contribution in [-0.2, 0) is 26.8 Å². The highest BCUT2D eigenvalue weighted by atomic mass is 32.2. The van der Waals surface area contributed by atoms with Crippen molar-refractivity contribution in [2.45, 2.75) is 36.6 Å². The van der Waals surface area contributed by atoms with E-state index in [9.17, 15) is 13.8 Å². The molecule has 1 N–H and O–H groups in total. The van der Waals surface area contributed by atoms with E-state index in [1.54, 1.807) is 4.90 Å². The Morgan fingerprint density at radius 1 is 1.00 bits per heavy atom. The molecule has 2 amide bonds. The first-order valence-corrected chi connectivity index (χ1v) is 12.3. The van der Waals surface area contributed by atoms with E-state index in [0.29, 0.717) is 13.0 Å². The third-order valence-electron chi connectivity index (χ3n) is 5.97. The zero-order chi connectivity index (χ0) is 21.6. The molecule has 2 heterocycles. The molecular formula is C24H29N3O3S. The maximum atomic E-state index is 12.4. The molecule has 0 aromatic heterocycles. The second-order valence-corrected chi connectivity index (χ2v) is 9.62. The Kier molecular flexibility index (Phi) is 7.14. The summed E-state index contributed by atoms with van der Waals surface area (Å²) in [5.74, 6) is 0.103. The monoisotopic (exact) mass is 439 g/mol. The van der Waals surface area contributed by atoms with Gasteiger partial charge in [0.25, 0.3) is 0 Å². The van der Waals surface area contributed by atoms with E-state index >= 15 is 0 Å². The van der Waals surface area contributed by atoms with Crippen LogP contribution in [0.1, 0.15) is 24.8 Å². The van der Waals surface area contributed by atoms with Crippen LogP contribution >= 0.6 is 0 Å². The van der Waals surface area contributed by atoms with Crippen molar-refractivity contribution in [3.8, 4) is 0 Å². The van der Waals surface area contributed by atoms with Gasteiger partial charge in [0.1, 0.15) is 5.75 Å². The van der Waals surface area contributed by atoms with E-state index in [-0.39, 0.29) is 23.6 Å². The summed E-state index contributed by atoms with van der Waals surface area (Å²) in [6, 6.07) is 17.5. The number of benzene rings is 2. The maximum absolute atomic E-state index is 12.4. The van der Waals surface area contributed by atoms with Crippen LogP contribution in [0.5, 0.6) is 0 Å². The number of nitrogens with zero attached hydrogens (tertiary/aromatic N) is 2. The third-order valence-corrected chi connectivity index (χ3v) is 7.32. The number of hydrogen-bond donors (Lipinski definition) is 1. The quantitative estimate of drug-likeness (QED) is 0.719. The Bertz CT molecular complexity index is 942. The number of amides is 2. The van der Waals surface area contributed by atoms with E-state index < -0.39 is 10.8 Å². The van der Waals surface area contributed by atoms with Crippen LogP contribution in [0.15, 0.2) is 59.5 Å². The number of nitrogens with one attached hydrogen (secondary N) is 1. The molecule has 0 saturated carbocycles. The van der Waals surface area contributed by atoms with Gasteiger partial charge in [0, 0.05) is 25.7 Å². The number of likely N-dealkylation sites (tertiary alicyclic amines) is 1. The second kappa shape index (κ2) is 10.2. The molecule has 1 atom stereocenters. The Morgan fingerprint density at radius 2 is 1.71 bits per heavy atom. The minimum absolute atomic E-state index is 0.0585. The second-order valence-electron chi connectivity index (χ2n) is 8.20. The van der Waals surface area contributed by atoms with Gasteiger partial charge in [-0.3, -0.25) is 13.8 Å². The number of rotatable bonds is 7. The lowest BCUT2D eigenvalue weighted by Crippen LogP contribution is -2.46. The standard InChI is InChI=1S/C24H29N3O3S/c28-23(17-19-7-2-1-3-8-19)25-20-11-15-26(16-12-20)13-6-14-27-21-9-4-5-10-22(21)31(30)18-24(27)29/h1-5,7-10,20H,6,11-18H2,(H,25,28). The first-order chi connectivity index (χ1) is 15.1. The van der Waals surface area contributed by atoms with Crippen molar-refractivity contribution in [3.05, 3.63) is 60.2 Å². The maximum Gasteiger partial charge on any atom is 0.240 e. The van der Waals surface area contributed by atoms with E-state index in [4.69, 9.17) is 0 Å². The van der Waals surface area contributed by atoms with Gasteiger partial charge in [-0.2, -0.15) is 0 Å². The number of fused-ring (bicyclic) bond motifs is 1. The molecule has 1 saturated heterocycles. The number of para-hydroxylation sites is 1. The fourth-order valence-corrected chi connectivity index (χ4v) is 5.51. The third kappa shape index (κ3) is 5.60. The topological polar surface area (TPSA) is 69.7 Å². The summed E-state index contributed by atoms with van der Waals surface area (Å²) < 4.78 is 12.2. The van der Waals surface area contributed by atoms with Crippen molar-refractivity contribution >= 4 is 28.3 Å². The molecule has 0 bridgehead atoms. The number of hydrogen-bond acceptors (Lipinski definition) is 4. The molecule has 2 aliphatic rings. The molecular weight excluding hydrogens is 410 g/mol. The molecule has 0 spiro atoms. The normalized spacial score (nSPS) is 19.8. The minimum Gasteiger partial charge on any atom is -0.353 e. The zero-order valence-corrected chi connectivity index (χ0v) is 18.5. The van der Waals surface area contributed by atoms with Gasteiger partial charge in [0.05, 0.1) is 27.8 Å². The summed E-state index contributed by atoms with van der Waals surface area (Å²) in [4.78, 5) is 29.6. The van der Waals surface area contributed by atoms with Gasteiger partial charge in [-0.05, 0) is 43.5 Å². The smallest absolute Gasteiger partial charge is 0.240 e. The highest BCUT2D eigenvalue weighted by Gasteiger charge is 2.28. The first-order valence-electron chi connectivity index (χ1n) is 10.9. The fraction of sp³-hybridized carbons (Fsp3) is 0.417. The van der Waals surface area contributed by atoms with Crippen molar-refractivity contribution in [1.82, 2.24) is 10.2 Å². The van der Waals surface area contributed by atoms with Gasteiger partial charge < -0.3 is 15.1 Å². The average Bonchev–Trinajstić information content (AvgIpc) is 2.78. The lowest BCUT2D eigenvalue weighted by atomic mass is 10.0. The van der Waals surface area contributed by atoms with E-state index in [0.717, 1.165) is 55.0 Å². The van der Waals surface area contributed by atoms with E-state index in [1.807, 2.05) is 54.6 Å². The molecule has 164 valence electrons. The first kappa shape index (κ1) is 21.7. The fourth-order valence-electron chi connectivity index (χ4n) is 4.33. The largest absolute Gasteiger partial charge is 0.353 e. The number of carbonyl (C=O) groups is 2. The van der Waals surface area contributed by atoms with Gasteiger partial charge in [-0.15, -0.1) is 0 Å².